The fourth-order valence-electron chi connectivity index (χ4n) is 2.08. The molecule has 2 aromatic carbocycles. The summed E-state index contributed by atoms with van der Waals surface area (Å²) < 4.78 is 28.3. The molecule has 1 atom stereocenters. The fourth-order valence-corrected chi connectivity index (χ4v) is 2.92. The smallest absolute Gasteiger partial charge is 0.340 e. The first kappa shape index (κ1) is 20.4. The first-order valence-corrected chi connectivity index (χ1v) is 9.90. The van der Waals surface area contributed by atoms with Crippen molar-refractivity contribution in [2.24, 2.45) is 0 Å². The third-order valence-electron chi connectivity index (χ3n) is 3.50. The number of anilines is 1. The number of halogens is 1. The van der Waals surface area contributed by atoms with Crippen molar-refractivity contribution in [3.8, 4) is 6.07 Å². The van der Waals surface area contributed by atoms with Crippen LogP contribution in [0.3, 0.4) is 0 Å². The van der Waals surface area contributed by atoms with E-state index in [9.17, 15) is 18.0 Å². The maximum absolute atomic E-state index is 12.3. The quantitative estimate of drug-likeness (QED) is 0.764. The van der Waals surface area contributed by atoms with Crippen LogP contribution in [0.5, 0.6) is 0 Å². The Kier molecular flexibility index (Phi) is 6.20. The number of nitriles is 1. The predicted octanol–water partition coefficient (Wildman–Crippen LogP) is 2.80. The van der Waals surface area contributed by atoms with Crippen molar-refractivity contribution in [2.45, 2.75) is 17.9 Å². The number of hydrogen-bond acceptors (Lipinski definition) is 6. The van der Waals surface area contributed by atoms with Gasteiger partial charge in [0, 0.05) is 11.9 Å². The van der Waals surface area contributed by atoms with Gasteiger partial charge in [-0.15, -0.1) is 0 Å². The molecular formula is C18H15ClN2O5S. The number of esters is 1. The summed E-state index contributed by atoms with van der Waals surface area (Å²) in [7, 11) is -3.54. The average Bonchev–Trinajstić information content (AvgIpc) is 2.61. The summed E-state index contributed by atoms with van der Waals surface area (Å²) in [6.45, 7) is 1.36. The minimum atomic E-state index is -3.54. The van der Waals surface area contributed by atoms with E-state index in [0.717, 1.165) is 12.3 Å². The zero-order valence-electron chi connectivity index (χ0n) is 14.4. The van der Waals surface area contributed by atoms with Crippen LogP contribution in [0.25, 0.3) is 0 Å². The molecule has 27 heavy (non-hydrogen) atoms. The van der Waals surface area contributed by atoms with E-state index >= 15 is 0 Å². The lowest BCUT2D eigenvalue weighted by molar-refractivity contribution is -0.123. The molecule has 9 heteroatoms. The minimum absolute atomic E-state index is 0.00160. The van der Waals surface area contributed by atoms with Crippen LogP contribution in [0.2, 0.25) is 5.02 Å². The first-order chi connectivity index (χ1) is 12.6. The molecular weight excluding hydrogens is 392 g/mol. The Morgan fingerprint density at radius 3 is 2.56 bits per heavy atom. The highest BCUT2D eigenvalue weighted by Gasteiger charge is 2.22. The van der Waals surface area contributed by atoms with Crippen LogP contribution in [-0.2, 0) is 19.4 Å². The molecule has 0 spiro atoms. The number of carbonyl (C=O) groups excluding carboxylic acids is 2. The Balaban J connectivity index is 2.13. The van der Waals surface area contributed by atoms with Crippen LogP contribution in [0.15, 0.2) is 47.4 Å². The first-order valence-electron chi connectivity index (χ1n) is 7.63. The summed E-state index contributed by atoms with van der Waals surface area (Å²) in [5.41, 5.74) is 0.576. The van der Waals surface area contributed by atoms with Gasteiger partial charge in [-0.25, -0.2) is 13.2 Å². The van der Waals surface area contributed by atoms with Crippen LogP contribution >= 0.6 is 11.6 Å². The SMILES string of the molecule is C[C@H](OC(=O)c1cc(S(C)(=O)=O)ccc1Cl)C(=O)Nc1cccc(C#N)c1. The van der Waals surface area contributed by atoms with Crippen molar-refractivity contribution in [1.82, 2.24) is 0 Å². The molecule has 0 bridgehead atoms. The van der Waals surface area contributed by atoms with E-state index in [0.29, 0.717) is 11.3 Å². The van der Waals surface area contributed by atoms with Crippen molar-refractivity contribution in [3.05, 3.63) is 58.6 Å². The topological polar surface area (TPSA) is 113 Å². The molecule has 1 N–H and O–H groups in total. The predicted molar refractivity (Wildman–Crippen MR) is 99.2 cm³/mol. The van der Waals surface area contributed by atoms with E-state index in [2.05, 4.69) is 5.32 Å². The normalized spacial score (nSPS) is 11.9. The van der Waals surface area contributed by atoms with E-state index < -0.39 is 27.8 Å². The Morgan fingerprint density at radius 1 is 1.22 bits per heavy atom. The van der Waals surface area contributed by atoms with Crippen molar-refractivity contribution in [1.29, 1.82) is 5.26 Å². The van der Waals surface area contributed by atoms with Gasteiger partial charge >= 0.3 is 5.97 Å². The molecule has 0 radical (unpaired) electrons. The lowest BCUT2D eigenvalue weighted by Crippen LogP contribution is -2.30. The average molecular weight is 407 g/mol. The molecule has 2 aromatic rings. The number of sulfone groups is 1. The summed E-state index contributed by atoms with van der Waals surface area (Å²) in [5, 5.41) is 11.4. The Morgan fingerprint density at radius 2 is 1.93 bits per heavy atom. The molecule has 1 amide bonds. The van der Waals surface area contributed by atoms with Crippen LogP contribution < -0.4 is 5.32 Å². The van der Waals surface area contributed by atoms with Crippen LogP contribution in [-0.4, -0.2) is 32.7 Å². The number of hydrogen-bond donors (Lipinski definition) is 1. The molecule has 0 aliphatic carbocycles. The second-order valence-electron chi connectivity index (χ2n) is 5.64. The molecule has 2 rings (SSSR count). The summed E-state index contributed by atoms with van der Waals surface area (Å²) in [5.74, 6) is -1.55. The van der Waals surface area contributed by atoms with Crippen LogP contribution in [0.4, 0.5) is 5.69 Å². The Labute approximate surface area is 161 Å². The standard InChI is InChI=1S/C18H15ClN2O5S/c1-11(17(22)21-13-5-3-4-12(8-13)10-20)26-18(23)15-9-14(27(2,24)25)6-7-16(15)19/h3-9,11H,1-2H3,(H,21,22)/t11-/m0/s1. The van der Waals surface area contributed by atoms with E-state index in [1.807, 2.05) is 6.07 Å². The molecule has 140 valence electrons. The third-order valence-corrected chi connectivity index (χ3v) is 4.94. The van der Waals surface area contributed by atoms with Crippen molar-refractivity contribution < 1.29 is 22.7 Å². The van der Waals surface area contributed by atoms with Crippen molar-refractivity contribution >= 4 is 39.0 Å². The molecule has 7 nitrogen and oxygen atoms in total. The Bertz CT molecular complexity index is 1040. The summed E-state index contributed by atoms with van der Waals surface area (Å²) in [6.07, 6.45) is -0.183. The number of carbonyl (C=O) groups is 2. The van der Waals surface area contributed by atoms with Gasteiger partial charge in [-0.05, 0) is 43.3 Å². The lowest BCUT2D eigenvalue weighted by atomic mass is 10.2. The fraction of sp³-hybridized carbons (Fsp3) is 0.167. The van der Waals surface area contributed by atoms with Gasteiger partial charge in [-0.3, -0.25) is 4.79 Å². The van der Waals surface area contributed by atoms with Gasteiger partial charge in [-0.1, -0.05) is 17.7 Å². The highest BCUT2D eigenvalue weighted by Crippen LogP contribution is 2.22. The van der Waals surface area contributed by atoms with Gasteiger partial charge < -0.3 is 10.1 Å². The van der Waals surface area contributed by atoms with Gasteiger partial charge in [-0.2, -0.15) is 5.26 Å². The summed E-state index contributed by atoms with van der Waals surface area (Å²) in [6, 6.07) is 11.8. The number of nitrogens with zero attached hydrogens (tertiary/aromatic N) is 1. The lowest BCUT2D eigenvalue weighted by Gasteiger charge is -2.14. The van der Waals surface area contributed by atoms with Gasteiger partial charge in [0.25, 0.3) is 5.91 Å². The van der Waals surface area contributed by atoms with Gasteiger partial charge in [0.2, 0.25) is 0 Å². The van der Waals surface area contributed by atoms with E-state index in [1.165, 1.54) is 25.1 Å². The van der Waals surface area contributed by atoms with Crippen molar-refractivity contribution in [3.63, 3.8) is 0 Å². The zero-order valence-corrected chi connectivity index (χ0v) is 16.0. The van der Waals surface area contributed by atoms with E-state index in [-0.39, 0.29) is 15.5 Å². The highest BCUT2D eigenvalue weighted by atomic mass is 35.5. The monoisotopic (exact) mass is 406 g/mol. The highest BCUT2D eigenvalue weighted by molar-refractivity contribution is 7.90. The second-order valence-corrected chi connectivity index (χ2v) is 8.07. The summed E-state index contributed by atoms with van der Waals surface area (Å²) >= 11 is 5.94. The molecule has 0 aromatic heterocycles. The molecule has 0 unspecified atom stereocenters. The molecule has 0 aliphatic rings. The molecule has 0 fully saturated rings. The number of rotatable bonds is 5. The minimum Gasteiger partial charge on any atom is -0.449 e. The summed E-state index contributed by atoms with van der Waals surface area (Å²) in [4.78, 5) is 24.4. The molecule has 0 saturated carbocycles. The molecule has 0 saturated heterocycles. The van der Waals surface area contributed by atoms with Gasteiger partial charge in [0.15, 0.2) is 15.9 Å². The maximum atomic E-state index is 12.3. The second kappa shape index (κ2) is 8.20. The molecule has 0 heterocycles. The third kappa shape index (κ3) is 5.29. The van der Waals surface area contributed by atoms with E-state index in [1.54, 1.807) is 18.2 Å². The number of amides is 1. The van der Waals surface area contributed by atoms with E-state index in [4.69, 9.17) is 21.6 Å². The number of nitrogens with one attached hydrogen (secondary N) is 1. The zero-order chi connectivity index (χ0) is 20.2. The van der Waals surface area contributed by atoms with Crippen molar-refractivity contribution in [2.75, 3.05) is 11.6 Å². The number of benzene rings is 2. The van der Waals surface area contributed by atoms with Gasteiger partial charge in [0.1, 0.15) is 0 Å². The van der Waals surface area contributed by atoms with Crippen LogP contribution in [0, 0.1) is 11.3 Å². The Hall–Kier alpha value is -2.89. The van der Waals surface area contributed by atoms with Gasteiger partial charge in [0.05, 0.1) is 27.1 Å². The maximum Gasteiger partial charge on any atom is 0.340 e. The number of ether oxygens (including phenoxy) is 1. The van der Waals surface area contributed by atoms with Crippen LogP contribution in [0.1, 0.15) is 22.8 Å². The molecule has 0 aliphatic heterocycles. The largest absolute Gasteiger partial charge is 0.449 e.